The van der Waals surface area contributed by atoms with Crippen molar-refractivity contribution in [1.29, 1.82) is 0 Å². The standard InChI is InChI=1S/C27H24F3NO5/c1-35-22-9-6-10-23(36-2)24(22)19-13-11-17(12-14-19)15-21(26(33)34)31-25(32)20(16-27(28,29)30)18-7-4-3-5-8-18/h3-14,16,21H,15H2,1-2H3,(H,31,32)(H,33,34)/b20-16-/t21-/m0/s1. The Labute approximate surface area is 206 Å². The van der Waals surface area contributed by atoms with Gasteiger partial charge in [-0.05, 0) is 28.8 Å². The van der Waals surface area contributed by atoms with E-state index < -0.39 is 29.7 Å². The van der Waals surface area contributed by atoms with Crippen LogP contribution < -0.4 is 14.8 Å². The molecule has 0 heterocycles. The Hall–Kier alpha value is -4.27. The SMILES string of the molecule is COc1cccc(OC)c1-c1ccc(C[C@H](NC(=O)/C(=C\C(F)(F)F)c2ccccc2)C(=O)O)cc1. The number of hydrogen-bond donors (Lipinski definition) is 2. The summed E-state index contributed by atoms with van der Waals surface area (Å²) in [6.45, 7) is 0. The van der Waals surface area contributed by atoms with Crippen molar-refractivity contribution in [1.82, 2.24) is 5.32 Å². The maximum absolute atomic E-state index is 13.1. The molecule has 0 unspecified atom stereocenters. The Morgan fingerprint density at radius 2 is 1.50 bits per heavy atom. The minimum Gasteiger partial charge on any atom is -0.496 e. The zero-order valence-electron chi connectivity index (χ0n) is 19.5. The smallest absolute Gasteiger partial charge is 0.410 e. The van der Waals surface area contributed by atoms with Crippen molar-refractivity contribution in [3.63, 3.8) is 0 Å². The van der Waals surface area contributed by atoms with E-state index in [0.717, 1.165) is 5.56 Å². The van der Waals surface area contributed by atoms with Gasteiger partial charge in [-0.3, -0.25) is 4.79 Å². The second-order valence-corrected chi connectivity index (χ2v) is 7.77. The molecule has 0 fully saturated rings. The number of aliphatic carboxylic acids is 1. The van der Waals surface area contributed by atoms with E-state index in [1.54, 1.807) is 48.5 Å². The van der Waals surface area contributed by atoms with E-state index in [4.69, 9.17) is 9.47 Å². The average Bonchev–Trinajstić information content (AvgIpc) is 2.86. The molecule has 0 saturated carbocycles. The molecule has 0 saturated heterocycles. The molecule has 0 radical (unpaired) electrons. The number of halogens is 3. The number of methoxy groups -OCH3 is 2. The fourth-order valence-electron chi connectivity index (χ4n) is 3.68. The fraction of sp³-hybridized carbons (Fsp3) is 0.185. The number of carboxylic acids is 1. The highest BCUT2D eigenvalue weighted by atomic mass is 19.4. The van der Waals surface area contributed by atoms with E-state index in [1.165, 1.54) is 38.5 Å². The number of hydrogen-bond acceptors (Lipinski definition) is 4. The summed E-state index contributed by atoms with van der Waals surface area (Å²) < 4.78 is 50.1. The molecule has 1 amide bonds. The van der Waals surface area contributed by atoms with Crippen molar-refractivity contribution in [2.45, 2.75) is 18.6 Å². The van der Waals surface area contributed by atoms with Gasteiger partial charge in [0.1, 0.15) is 17.5 Å². The number of carbonyl (C=O) groups excluding carboxylic acids is 1. The molecule has 0 aliphatic carbocycles. The molecule has 2 N–H and O–H groups in total. The molecule has 188 valence electrons. The lowest BCUT2D eigenvalue weighted by atomic mass is 9.98. The van der Waals surface area contributed by atoms with Crippen molar-refractivity contribution < 1.29 is 37.3 Å². The predicted octanol–water partition coefficient (Wildman–Crippen LogP) is 5.13. The molecule has 0 aromatic heterocycles. The maximum Gasteiger partial charge on any atom is 0.410 e. The van der Waals surface area contributed by atoms with Crippen molar-refractivity contribution >= 4 is 17.4 Å². The van der Waals surface area contributed by atoms with E-state index in [1.807, 2.05) is 0 Å². The number of ether oxygens (including phenoxy) is 2. The van der Waals surface area contributed by atoms with Crippen LogP contribution in [0.1, 0.15) is 11.1 Å². The number of nitrogens with one attached hydrogen (secondary N) is 1. The topological polar surface area (TPSA) is 84.9 Å². The van der Waals surface area contributed by atoms with Crippen LogP contribution in [0.2, 0.25) is 0 Å². The number of amides is 1. The lowest BCUT2D eigenvalue weighted by Gasteiger charge is -2.17. The summed E-state index contributed by atoms with van der Waals surface area (Å²) >= 11 is 0. The second-order valence-electron chi connectivity index (χ2n) is 7.77. The molecule has 0 bridgehead atoms. The monoisotopic (exact) mass is 499 g/mol. The van der Waals surface area contributed by atoms with E-state index in [0.29, 0.717) is 22.6 Å². The zero-order valence-corrected chi connectivity index (χ0v) is 19.5. The molecule has 0 spiro atoms. The Kier molecular flexibility index (Phi) is 8.37. The first-order valence-corrected chi connectivity index (χ1v) is 10.8. The van der Waals surface area contributed by atoms with Crippen LogP contribution in [0, 0.1) is 0 Å². The molecule has 6 nitrogen and oxygen atoms in total. The number of alkyl halides is 3. The third kappa shape index (κ3) is 6.65. The number of carbonyl (C=O) groups is 2. The predicted molar refractivity (Wildman–Crippen MR) is 129 cm³/mol. The Bertz CT molecular complexity index is 1220. The van der Waals surface area contributed by atoms with Gasteiger partial charge in [-0.2, -0.15) is 13.2 Å². The molecule has 9 heteroatoms. The van der Waals surface area contributed by atoms with E-state index in [-0.39, 0.29) is 18.1 Å². The fourth-order valence-corrected chi connectivity index (χ4v) is 3.68. The quantitative estimate of drug-likeness (QED) is 0.399. The summed E-state index contributed by atoms with van der Waals surface area (Å²) in [5.74, 6) is -1.34. The van der Waals surface area contributed by atoms with Crippen LogP contribution in [-0.2, 0) is 16.0 Å². The van der Waals surface area contributed by atoms with E-state index in [9.17, 15) is 27.9 Å². The highest BCUT2D eigenvalue weighted by molar-refractivity contribution is 6.20. The summed E-state index contributed by atoms with van der Waals surface area (Å²) in [4.78, 5) is 24.6. The first-order valence-electron chi connectivity index (χ1n) is 10.8. The van der Waals surface area contributed by atoms with Crippen LogP contribution in [0.15, 0.2) is 78.9 Å². The highest BCUT2D eigenvalue weighted by Crippen LogP contribution is 2.38. The molecular formula is C27H24F3NO5. The molecule has 1 atom stereocenters. The van der Waals surface area contributed by atoms with Gasteiger partial charge in [0.25, 0.3) is 5.91 Å². The van der Waals surface area contributed by atoms with Crippen LogP contribution in [0.25, 0.3) is 16.7 Å². The van der Waals surface area contributed by atoms with Gasteiger partial charge in [-0.25, -0.2) is 4.79 Å². The first kappa shape index (κ1) is 26.3. The van der Waals surface area contributed by atoms with Gasteiger partial charge >= 0.3 is 12.1 Å². The molecule has 36 heavy (non-hydrogen) atoms. The van der Waals surface area contributed by atoms with E-state index in [2.05, 4.69) is 5.32 Å². The van der Waals surface area contributed by atoms with E-state index >= 15 is 0 Å². The lowest BCUT2D eigenvalue weighted by Crippen LogP contribution is -2.42. The maximum atomic E-state index is 13.1. The molecule has 3 aromatic rings. The zero-order chi connectivity index (χ0) is 26.3. The van der Waals surface area contributed by atoms with Crippen LogP contribution in [-0.4, -0.2) is 43.4 Å². The third-order valence-corrected chi connectivity index (χ3v) is 5.35. The lowest BCUT2D eigenvalue weighted by molar-refractivity contribution is -0.141. The largest absolute Gasteiger partial charge is 0.496 e. The first-order chi connectivity index (χ1) is 17.1. The summed E-state index contributed by atoms with van der Waals surface area (Å²) in [5.41, 5.74) is 1.37. The third-order valence-electron chi connectivity index (χ3n) is 5.35. The Morgan fingerprint density at radius 1 is 0.917 bits per heavy atom. The van der Waals surface area contributed by atoms with Crippen molar-refractivity contribution in [3.8, 4) is 22.6 Å². The Morgan fingerprint density at radius 3 is 2.00 bits per heavy atom. The number of rotatable bonds is 9. The van der Waals surface area contributed by atoms with Gasteiger partial charge in [-0.1, -0.05) is 60.7 Å². The Balaban J connectivity index is 1.84. The average molecular weight is 499 g/mol. The second kappa shape index (κ2) is 11.4. The molecule has 3 rings (SSSR count). The summed E-state index contributed by atoms with van der Waals surface area (Å²) in [6, 6.07) is 18.0. The van der Waals surface area contributed by atoms with Crippen molar-refractivity contribution in [2.75, 3.05) is 14.2 Å². The summed E-state index contributed by atoms with van der Waals surface area (Å²) in [5, 5.41) is 11.9. The number of benzene rings is 3. The minimum atomic E-state index is -4.77. The molecule has 0 aliphatic rings. The van der Waals surface area contributed by atoms with Crippen LogP contribution >= 0.6 is 0 Å². The molecular weight excluding hydrogens is 475 g/mol. The number of carboxylic acid groups (broad SMARTS) is 1. The van der Waals surface area contributed by atoms with Gasteiger partial charge in [0.2, 0.25) is 0 Å². The van der Waals surface area contributed by atoms with Gasteiger partial charge in [0, 0.05) is 12.5 Å². The molecule has 0 aliphatic heterocycles. The summed E-state index contributed by atoms with van der Waals surface area (Å²) in [6.07, 6.45) is -5.04. The van der Waals surface area contributed by atoms with Gasteiger partial charge in [0.15, 0.2) is 0 Å². The molecule has 3 aromatic carbocycles. The normalized spacial score (nSPS) is 12.5. The minimum absolute atomic E-state index is 0.0200. The van der Waals surface area contributed by atoms with Crippen LogP contribution in [0.4, 0.5) is 13.2 Å². The van der Waals surface area contributed by atoms with Crippen LogP contribution in [0.3, 0.4) is 0 Å². The number of allylic oxidation sites excluding steroid dienone is 1. The van der Waals surface area contributed by atoms with Gasteiger partial charge in [0.05, 0.1) is 25.4 Å². The van der Waals surface area contributed by atoms with Gasteiger partial charge in [-0.15, -0.1) is 0 Å². The van der Waals surface area contributed by atoms with Gasteiger partial charge < -0.3 is 19.9 Å². The van der Waals surface area contributed by atoms with Crippen molar-refractivity contribution in [2.24, 2.45) is 0 Å². The van der Waals surface area contributed by atoms with Crippen LogP contribution in [0.5, 0.6) is 11.5 Å². The van der Waals surface area contributed by atoms with Crippen molar-refractivity contribution in [3.05, 3.63) is 90.0 Å². The summed E-state index contributed by atoms with van der Waals surface area (Å²) in [7, 11) is 3.06. The highest BCUT2D eigenvalue weighted by Gasteiger charge is 2.29.